The minimum absolute atomic E-state index is 0.138. The predicted molar refractivity (Wildman–Crippen MR) is 112 cm³/mol. The fourth-order valence-corrected chi connectivity index (χ4v) is 3.46. The molecule has 0 saturated heterocycles. The Hall–Kier alpha value is -3.18. The minimum atomic E-state index is -0.138. The first-order valence-electron chi connectivity index (χ1n) is 9.63. The summed E-state index contributed by atoms with van der Waals surface area (Å²) in [6.07, 6.45) is 9.60. The summed E-state index contributed by atoms with van der Waals surface area (Å²) in [4.78, 5) is 21.8. The van der Waals surface area contributed by atoms with E-state index >= 15 is 0 Å². The van der Waals surface area contributed by atoms with Gasteiger partial charge in [0.1, 0.15) is 5.82 Å². The summed E-state index contributed by atoms with van der Waals surface area (Å²) in [7, 11) is 0. The average molecular weight is 372 g/mol. The van der Waals surface area contributed by atoms with Crippen LogP contribution in [0.25, 0.3) is 5.57 Å². The molecular weight excluding hydrogens is 348 g/mol. The van der Waals surface area contributed by atoms with Crippen molar-refractivity contribution in [2.45, 2.75) is 12.8 Å². The van der Waals surface area contributed by atoms with E-state index in [2.05, 4.69) is 56.6 Å². The van der Waals surface area contributed by atoms with Crippen LogP contribution in [0.2, 0.25) is 0 Å². The number of hydrogen-bond acceptors (Lipinski definition) is 3. The maximum atomic E-state index is 12.3. The van der Waals surface area contributed by atoms with E-state index in [4.69, 9.17) is 0 Å². The van der Waals surface area contributed by atoms with Crippen molar-refractivity contribution < 1.29 is 4.79 Å². The first kappa shape index (κ1) is 18.2. The maximum absolute atomic E-state index is 12.3. The van der Waals surface area contributed by atoms with Gasteiger partial charge in [-0.15, -0.1) is 0 Å². The fraction of sp³-hybridized carbons (Fsp3) is 0.217. The topological polar surface area (TPSA) is 61.0 Å². The lowest BCUT2D eigenvalue weighted by Crippen LogP contribution is -2.30. The van der Waals surface area contributed by atoms with Crippen molar-refractivity contribution in [1.29, 1.82) is 0 Å². The van der Waals surface area contributed by atoms with Crippen LogP contribution in [-0.4, -0.2) is 40.4 Å². The van der Waals surface area contributed by atoms with Gasteiger partial charge in [0, 0.05) is 43.8 Å². The molecule has 1 aliphatic rings. The molecule has 0 unspecified atom stereocenters. The van der Waals surface area contributed by atoms with Gasteiger partial charge in [0.2, 0.25) is 0 Å². The number of benzene rings is 1. The second kappa shape index (κ2) is 8.67. The van der Waals surface area contributed by atoms with Gasteiger partial charge in [0.05, 0.1) is 0 Å². The molecule has 4 rings (SSSR count). The van der Waals surface area contributed by atoms with Gasteiger partial charge in [0.15, 0.2) is 0 Å². The van der Waals surface area contributed by atoms with E-state index in [0.717, 1.165) is 38.0 Å². The van der Waals surface area contributed by atoms with Crippen LogP contribution in [0.3, 0.4) is 0 Å². The van der Waals surface area contributed by atoms with Crippen molar-refractivity contribution in [2.24, 2.45) is 0 Å². The van der Waals surface area contributed by atoms with Gasteiger partial charge in [-0.25, -0.2) is 0 Å². The van der Waals surface area contributed by atoms with Gasteiger partial charge in [-0.3, -0.25) is 14.7 Å². The molecule has 5 nitrogen and oxygen atoms in total. The largest absolute Gasteiger partial charge is 0.348 e. The number of aromatic amines is 1. The zero-order chi connectivity index (χ0) is 19.2. The molecule has 3 heterocycles. The molecule has 2 N–H and O–H groups in total. The van der Waals surface area contributed by atoms with Crippen LogP contribution in [0.15, 0.2) is 73.2 Å². The molecule has 0 fully saturated rings. The Bertz CT molecular complexity index is 947. The van der Waals surface area contributed by atoms with E-state index in [-0.39, 0.29) is 5.91 Å². The molecule has 142 valence electrons. The van der Waals surface area contributed by atoms with E-state index in [9.17, 15) is 4.79 Å². The van der Waals surface area contributed by atoms with Gasteiger partial charge in [0.25, 0.3) is 5.91 Å². The molecule has 0 aliphatic carbocycles. The van der Waals surface area contributed by atoms with Crippen LogP contribution in [-0.2, 0) is 6.42 Å². The summed E-state index contributed by atoms with van der Waals surface area (Å²) in [5.74, 6) is 0.574. The molecule has 28 heavy (non-hydrogen) atoms. The van der Waals surface area contributed by atoms with Crippen molar-refractivity contribution in [3.63, 3.8) is 0 Å². The second-order valence-corrected chi connectivity index (χ2v) is 7.01. The number of carbonyl (C=O) groups excluding carboxylic acids is 1. The highest BCUT2D eigenvalue weighted by atomic mass is 16.1. The second-order valence-electron chi connectivity index (χ2n) is 7.01. The third kappa shape index (κ3) is 4.56. The highest BCUT2D eigenvalue weighted by molar-refractivity contribution is 6.03. The number of nitrogens with one attached hydrogen (secondary N) is 2. The number of pyridine rings is 1. The van der Waals surface area contributed by atoms with Crippen LogP contribution in [0.1, 0.15) is 27.9 Å². The Morgan fingerprint density at radius 3 is 2.71 bits per heavy atom. The standard InChI is InChI=1S/C23H24N4O/c28-23(20-6-11-24-12-7-20)26-22-16-21(17-25-22)19-9-14-27(15-10-19)13-8-18-4-2-1-3-5-18/h1-7,9,11-12,16-17,25H,8,10,13-15H2,(H,26,28). The average Bonchev–Trinajstić information content (AvgIpc) is 3.22. The molecule has 0 spiro atoms. The van der Waals surface area contributed by atoms with E-state index in [1.54, 1.807) is 24.5 Å². The number of H-pyrrole nitrogens is 1. The number of carbonyl (C=O) groups is 1. The summed E-state index contributed by atoms with van der Waals surface area (Å²) in [5, 5.41) is 2.91. The molecule has 0 saturated carbocycles. The zero-order valence-corrected chi connectivity index (χ0v) is 15.8. The van der Waals surface area contributed by atoms with Crippen molar-refractivity contribution in [3.05, 3.63) is 89.9 Å². The molecule has 1 aliphatic heterocycles. The van der Waals surface area contributed by atoms with Crippen molar-refractivity contribution in [1.82, 2.24) is 14.9 Å². The molecule has 0 bridgehead atoms. The number of aromatic nitrogens is 2. The van der Waals surface area contributed by atoms with Crippen molar-refractivity contribution in [2.75, 3.05) is 25.0 Å². The number of amides is 1. The zero-order valence-electron chi connectivity index (χ0n) is 15.8. The Morgan fingerprint density at radius 2 is 1.96 bits per heavy atom. The quantitative estimate of drug-likeness (QED) is 0.688. The van der Waals surface area contributed by atoms with Crippen LogP contribution < -0.4 is 5.32 Å². The summed E-state index contributed by atoms with van der Waals surface area (Å²) in [6.45, 7) is 3.10. The highest BCUT2D eigenvalue weighted by Crippen LogP contribution is 2.25. The lowest BCUT2D eigenvalue weighted by Gasteiger charge is -2.26. The summed E-state index contributed by atoms with van der Waals surface area (Å²) in [6, 6.07) is 16.0. The number of anilines is 1. The van der Waals surface area contributed by atoms with Gasteiger partial charge >= 0.3 is 0 Å². The van der Waals surface area contributed by atoms with Gasteiger partial charge < -0.3 is 10.3 Å². The summed E-state index contributed by atoms with van der Waals surface area (Å²) in [5.41, 5.74) is 4.46. The van der Waals surface area contributed by atoms with Gasteiger partial charge in [-0.2, -0.15) is 0 Å². The number of rotatable bonds is 6. The Morgan fingerprint density at radius 1 is 1.14 bits per heavy atom. The lowest BCUT2D eigenvalue weighted by atomic mass is 10.0. The Balaban J connectivity index is 1.32. The van der Waals surface area contributed by atoms with Crippen LogP contribution in [0, 0.1) is 0 Å². The molecule has 3 aromatic rings. The molecule has 2 aromatic heterocycles. The van der Waals surface area contributed by atoms with Crippen molar-refractivity contribution in [3.8, 4) is 0 Å². The first-order valence-corrected chi connectivity index (χ1v) is 9.63. The van der Waals surface area contributed by atoms with Crippen LogP contribution in [0.4, 0.5) is 5.82 Å². The molecule has 1 amide bonds. The van der Waals surface area contributed by atoms with Crippen molar-refractivity contribution >= 4 is 17.3 Å². The monoisotopic (exact) mass is 372 g/mol. The summed E-state index contributed by atoms with van der Waals surface area (Å²) >= 11 is 0. The van der Waals surface area contributed by atoms with Gasteiger partial charge in [-0.05, 0) is 47.7 Å². The van der Waals surface area contributed by atoms with Crippen LogP contribution in [0.5, 0.6) is 0 Å². The highest BCUT2D eigenvalue weighted by Gasteiger charge is 2.14. The maximum Gasteiger partial charge on any atom is 0.256 e. The van der Waals surface area contributed by atoms with E-state index in [0.29, 0.717) is 11.4 Å². The molecule has 5 heteroatoms. The third-order valence-corrected chi connectivity index (χ3v) is 5.10. The fourth-order valence-electron chi connectivity index (χ4n) is 3.46. The number of nitrogens with zero attached hydrogens (tertiary/aromatic N) is 2. The molecule has 1 aromatic carbocycles. The molecule has 0 atom stereocenters. The third-order valence-electron chi connectivity index (χ3n) is 5.10. The smallest absolute Gasteiger partial charge is 0.256 e. The Kier molecular flexibility index (Phi) is 5.64. The SMILES string of the molecule is O=C(Nc1cc(C2=CCN(CCc3ccccc3)CC2)c[nH]1)c1ccncc1. The normalized spacial score (nSPS) is 14.5. The van der Waals surface area contributed by atoms with Gasteiger partial charge in [-0.1, -0.05) is 36.4 Å². The predicted octanol–water partition coefficient (Wildman–Crippen LogP) is 3.99. The first-order chi connectivity index (χ1) is 13.8. The Labute approximate surface area is 165 Å². The van der Waals surface area contributed by atoms with E-state index in [1.807, 2.05) is 12.3 Å². The van der Waals surface area contributed by atoms with E-state index in [1.165, 1.54) is 11.1 Å². The summed E-state index contributed by atoms with van der Waals surface area (Å²) < 4.78 is 0. The van der Waals surface area contributed by atoms with E-state index < -0.39 is 0 Å². The number of hydrogen-bond donors (Lipinski definition) is 2. The molecular formula is C23H24N4O. The minimum Gasteiger partial charge on any atom is -0.348 e. The lowest BCUT2D eigenvalue weighted by molar-refractivity contribution is 0.102. The van der Waals surface area contributed by atoms with Crippen LogP contribution >= 0.6 is 0 Å². The molecule has 0 radical (unpaired) electrons.